The van der Waals surface area contributed by atoms with Gasteiger partial charge in [0.05, 0.1) is 11.6 Å². The molecule has 0 unspecified atom stereocenters. The summed E-state index contributed by atoms with van der Waals surface area (Å²) in [6.45, 7) is -0.589. The third-order valence-corrected chi connectivity index (χ3v) is 7.42. The van der Waals surface area contributed by atoms with E-state index in [9.17, 15) is 31.5 Å². The molecule has 2 aromatic rings. The molecule has 1 aliphatic heterocycles. The first-order valence-electron chi connectivity index (χ1n) is 9.65. The van der Waals surface area contributed by atoms with Crippen molar-refractivity contribution in [1.82, 2.24) is 4.31 Å². The number of amides is 1. The van der Waals surface area contributed by atoms with Crippen molar-refractivity contribution in [2.45, 2.75) is 29.7 Å². The summed E-state index contributed by atoms with van der Waals surface area (Å²) in [6.07, 6.45) is -5.73. The molecule has 2 aromatic carbocycles. The Bertz CT molecular complexity index is 1090. The average Bonchev–Trinajstić information content (AvgIpc) is 2.74. The van der Waals surface area contributed by atoms with Crippen LogP contribution in [0.2, 0.25) is 5.02 Å². The second-order valence-corrected chi connectivity index (χ2v) is 9.58. The quantitative estimate of drug-likeness (QED) is 0.611. The molecule has 0 aliphatic carbocycles. The molecular weight excluding hydrogens is 489 g/mol. The number of alkyl halides is 3. The van der Waals surface area contributed by atoms with E-state index in [1.165, 1.54) is 28.6 Å². The normalized spacial score (nSPS) is 16.8. The molecule has 180 valence electrons. The molecule has 1 aliphatic rings. The van der Waals surface area contributed by atoms with Crippen LogP contribution in [0.4, 0.5) is 23.7 Å². The number of rotatable bonds is 6. The van der Waals surface area contributed by atoms with E-state index >= 15 is 0 Å². The smallest absolute Gasteiger partial charge is 0.440 e. The number of benzene rings is 2. The highest BCUT2D eigenvalue weighted by atomic mass is 35.5. The molecule has 8 nitrogen and oxygen atoms in total. The summed E-state index contributed by atoms with van der Waals surface area (Å²) in [5.41, 5.74) is -1.18. The molecule has 1 amide bonds. The summed E-state index contributed by atoms with van der Waals surface area (Å²) < 4.78 is 72.7. The Balaban J connectivity index is 1.61. The Morgan fingerprint density at radius 1 is 1.12 bits per heavy atom. The first-order chi connectivity index (χ1) is 15.4. The first-order valence-corrected chi connectivity index (χ1v) is 11.5. The number of nitrogens with one attached hydrogen (secondary N) is 1. The van der Waals surface area contributed by atoms with Crippen LogP contribution in [-0.4, -0.2) is 55.6 Å². The van der Waals surface area contributed by atoms with Crippen LogP contribution >= 0.6 is 11.6 Å². The van der Waals surface area contributed by atoms with Crippen LogP contribution in [0.15, 0.2) is 53.4 Å². The van der Waals surface area contributed by atoms with E-state index in [0.717, 1.165) is 12.1 Å². The Labute approximate surface area is 192 Å². The van der Waals surface area contributed by atoms with Crippen LogP contribution in [0.3, 0.4) is 0 Å². The molecule has 0 radical (unpaired) electrons. The van der Waals surface area contributed by atoms with Gasteiger partial charge in [-0.3, -0.25) is 5.32 Å². The van der Waals surface area contributed by atoms with Crippen molar-refractivity contribution in [2.75, 3.05) is 25.0 Å². The van der Waals surface area contributed by atoms with Crippen molar-refractivity contribution in [3.8, 4) is 5.75 Å². The van der Waals surface area contributed by atoms with Crippen LogP contribution in [0.1, 0.15) is 12.8 Å². The van der Waals surface area contributed by atoms with Crippen LogP contribution < -0.4 is 10.1 Å². The molecule has 0 aromatic heterocycles. The van der Waals surface area contributed by atoms with Crippen molar-refractivity contribution in [2.24, 2.45) is 0 Å². The molecule has 0 spiro atoms. The lowest BCUT2D eigenvalue weighted by Gasteiger charge is -2.39. The zero-order valence-corrected chi connectivity index (χ0v) is 18.6. The van der Waals surface area contributed by atoms with Crippen LogP contribution in [-0.2, 0) is 14.8 Å². The van der Waals surface area contributed by atoms with E-state index in [2.05, 4.69) is 10.1 Å². The summed E-state index contributed by atoms with van der Waals surface area (Å²) in [5.74, 6) is -0.458. The number of hydrogen-bond acceptors (Lipinski definition) is 6. The Morgan fingerprint density at radius 2 is 1.73 bits per heavy atom. The number of piperidine rings is 1. The molecule has 33 heavy (non-hydrogen) atoms. The maximum absolute atomic E-state index is 12.9. The fourth-order valence-corrected chi connectivity index (χ4v) is 5.23. The first kappa shape index (κ1) is 25.1. The highest BCUT2D eigenvalue weighted by Gasteiger charge is 2.41. The van der Waals surface area contributed by atoms with Gasteiger partial charge in [0, 0.05) is 31.6 Å². The van der Waals surface area contributed by atoms with E-state index in [1.54, 1.807) is 12.1 Å². The number of hydrogen-bond donors (Lipinski definition) is 2. The molecule has 3 rings (SSSR count). The van der Waals surface area contributed by atoms with Gasteiger partial charge in [-0.1, -0.05) is 23.7 Å². The number of carbonyl (C=O) groups is 1. The van der Waals surface area contributed by atoms with Crippen molar-refractivity contribution in [3.63, 3.8) is 0 Å². The zero-order valence-electron chi connectivity index (χ0n) is 17.0. The number of anilines is 1. The Morgan fingerprint density at radius 3 is 2.27 bits per heavy atom. The fraction of sp³-hybridized carbons (Fsp3) is 0.350. The monoisotopic (exact) mass is 508 g/mol. The molecule has 2 N–H and O–H groups in total. The molecule has 0 saturated carbocycles. The van der Waals surface area contributed by atoms with Gasteiger partial charge in [0.15, 0.2) is 0 Å². The topological polar surface area (TPSA) is 105 Å². The van der Waals surface area contributed by atoms with Gasteiger partial charge in [-0.2, -0.15) is 4.31 Å². The summed E-state index contributed by atoms with van der Waals surface area (Å²) in [6, 6.07) is 10.4. The van der Waals surface area contributed by atoms with Crippen molar-refractivity contribution >= 4 is 33.4 Å². The van der Waals surface area contributed by atoms with E-state index in [0.29, 0.717) is 0 Å². The Kier molecular flexibility index (Phi) is 7.42. The molecule has 1 saturated heterocycles. The lowest BCUT2D eigenvalue weighted by Crippen LogP contribution is -2.51. The SMILES string of the molecule is O=C(Nc1ccc(OC(F)(F)F)cc1)OC1(CO)CCN(S(=O)(=O)c2ccccc2Cl)CC1. The molecule has 0 bridgehead atoms. The molecule has 1 heterocycles. The highest BCUT2D eigenvalue weighted by Crippen LogP contribution is 2.32. The number of aliphatic hydroxyl groups excluding tert-OH is 1. The van der Waals surface area contributed by atoms with E-state index in [4.69, 9.17) is 16.3 Å². The van der Waals surface area contributed by atoms with Crippen molar-refractivity contribution in [3.05, 3.63) is 53.6 Å². The number of halogens is 4. The van der Waals surface area contributed by atoms with Crippen LogP contribution in [0.5, 0.6) is 5.75 Å². The number of sulfonamides is 1. The largest absolute Gasteiger partial charge is 0.573 e. The minimum Gasteiger partial charge on any atom is -0.440 e. The van der Waals surface area contributed by atoms with Gasteiger partial charge in [-0.05, 0) is 36.4 Å². The Hall–Kier alpha value is -2.54. The second kappa shape index (κ2) is 9.75. The van der Waals surface area contributed by atoms with Crippen LogP contribution in [0, 0.1) is 0 Å². The van der Waals surface area contributed by atoms with Crippen molar-refractivity contribution in [1.29, 1.82) is 0 Å². The predicted octanol–water partition coefficient (Wildman–Crippen LogP) is 4.00. The summed E-state index contributed by atoms with van der Waals surface area (Å²) in [5, 5.41) is 12.3. The third kappa shape index (κ3) is 6.28. The standard InChI is InChI=1S/C20H20ClF3N2O6S/c21-16-3-1-2-4-17(16)33(29,30)26-11-9-19(13-27,10-12-26)32-18(28)25-14-5-7-15(8-6-14)31-20(22,23)24/h1-8,27H,9-13H2,(H,25,28). The van der Waals surface area contributed by atoms with Gasteiger partial charge >= 0.3 is 12.5 Å². The summed E-state index contributed by atoms with van der Waals surface area (Å²) in [7, 11) is -3.87. The zero-order chi connectivity index (χ0) is 24.3. The van der Waals surface area contributed by atoms with Gasteiger partial charge in [0.25, 0.3) is 0 Å². The average molecular weight is 509 g/mol. The number of ether oxygens (including phenoxy) is 2. The number of nitrogens with zero attached hydrogens (tertiary/aromatic N) is 1. The summed E-state index contributed by atoms with van der Waals surface area (Å²) >= 11 is 6.01. The molecular formula is C20H20ClF3N2O6S. The van der Waals surface area contributed by atoms with Gasteiger partial charge in [0.1, 0.15) is 16.2 Å². The summed E-state index contributed by atoms with van der Waals surface area (Å²) in [4.78, 5) is 12.3. The molecule has 13 heteroatoms. The minimum atomic E-state index is -4.84. The van der Waals surface area contributed by atoms with E-state index < -0.39 is 40.4 Å². The predicted molar refractivity (Wildman–Crippen MR) is 112 cm³/mol. The van der Waals surface area contributed by atoms with Gasteiger partial charge in [0.2, 0.25) is 10.0 Å². The van der Waals surface area contributed by atoms with Gasteiger partial charge in [-0.15, -0.1) is 13.2 Å². The lowest BCUT2D eigenvalue weighted by molar-refractivity contribution is -0.274. The van der Waals surface area contributed by atoms with Gasteiger partial charge in [-0.25, -0.2) is 13.2 Å². The minimum absolute atomic E-state index is 0.0229. The third-order valence-electron chi connectivity index (χ3n) is 5.02. The molecule has 1 fully saturated rings. The van der Waals surface area contributed by atoms with E-state index in [-0.39, 0.29) is 41.5 Å². The van der Waals surface area contributed by atoms with E-state index in [1.807, 2.05) is 0 Å². The lowest BCUT2D eigenvalue weighted by atomic mass is 9.93. The van der Waals surface area contributed by atoms with Crippen molar-refractivity contribution < 1.29 is 41.0 Å². The maximum Gasteiger partial charge on any atom is 0.573 e. The fourth-order valence-electron chi connectivity index (χ4n) is 3.30. The second-order valence-electron chi connectivity index (χ2n) is 7.26. The van der Waals surface area contributed by atoms with Gasteiger partial charge < -0.3 is 14.6 Å². The molecule has 0 atom stereocenters. The number of carbonyl (C=O) groups excluding carboxylic acids is 1. The van der Waals surface area contributed by atoms with Crippen LogP contribution in [0.25, 0.3) is 0 Å². The highest BCUT2D eigenvalue weighted by molar-refractivity contribution is 7.89. The number of aliphatic hydroxyl groups is 1. The maximum atomic E-state index is 12.9.